The minimum atomic E-state index is -0.533. The molecule has 170 valence electrons. The Hall–Kier alpha value is -4.20. The number of ether oxygens (including phenoxy) is 2. The minimum absolute atomic E-state index is 0.289. The van der Waals surface area contributed by atoms with E-state index in [1.807, 2.05) is 6.92 Å². The quantitative estimate of drug-likeness (QED) is 0.275. The lowest BCUT2D eigenvalue weighted by Gasteiger charge is -2.07. The fraction of sp³-hybridized carbons (Fsp3) is 0.160. The van der Waals surface area contributed by atoms with Crippen molar-refractivity contribution in [3.63, 3.8) is 0 Å². The van der Waals surface area contributed by atoms with Crippen LogP contribution in [0.15, 0.2) is 77.9 Å². The van der Waals surface area contributed by atoms with Crippen molar-refractivity contribution in [2.75, 3.05) is 11.9 Å². The number of rotatable bonds is 10. The van der Waals surface area contributed by atoms with E-state index in [1.165, 1.54) is 18.3 Å². The van der Waals surface area contributed by atoms with Gasteiger partial charge < -0.3 is 14.8 Å². The highest BCUT2D eigenvalue weighted by Gasteiger charge is 2.09. The van der Waals surface area contributed by atoms with Crippen LogP contribution >= 0.6 is 0 Å². The third-order valence-electron chi connectivity index (χ3n) is 4.37. The van der Waals surface area contributed by atoms with Crippen LogP contribution in [0.2, 0.25) is 0 Å². The van der Waals surface area contributed by atoms with Gasteiger partial charge in [0, 0.05) is 5.69 Å². The zero-order valence-corrected chi connectivity index (χ0v) is 18.1. The minimum Gasteiger partial charge on any atom is -0.494 e. The molecule has 0 aromatic heterocycles. The second-order valence-corrected chi connectivity index (χ2v) is 6.96. The van der Waals surface area contributed by atoms with Crippen LogP contribution in [0.5, 0.6) is 11.5 Å². The Morgan fingerprint density at radius 2 is 1.52 bits per heavy atom. The Balaban J connectivity index is 1.40. The standard InChI is InChI=1S/C25H24FN3O4/c1-2-32-22-13-9-21(10-14-22)28-24(30)15-25(31)29-27-16-18-5-11-23(12-6-18)33-17-19-3-7-20(26)8-4-19/h3-14,16H,2,15,17H2,1H3,(H,28,30)(H,29,31). The molecule has 0 aliphatic heterocycles. The number of hydrogen-bond acceptors (Lipinski definition) is 5. The molecule has 2 amide bonds. The Morgan fingerprint density at radius 1 is 0.879 bits per heavy atom. The summed E-state index contributed by atoms with van der Waals surface area (Å²) >= 11 is 0. The molecule has 0 bridgehead atoms. The van der Waals surface area contributed by atoms with E-state index in [0.29, 0.717) is 30.4 Å². The van der Waals surface area contributed by atoms with Gasteiger partial charge in [0.05, 0.1) is 12.8 Å². The summed E-state index contributed by atoms with van der Waals surface area (Å²) in [5.41, 5.74) is 4.49. The molecule has 0 saturated carbocycles. The molecule has 0 atom stereocenters. The van der Waals surface area contributed by atoms with Crippen molar-refractivity contribution < 1.29 is 23.5 Å². The van der Waals surface area contributed by atoms with Crippen LogP contribution < -0.4 is 20.2 Å². The van der Waals surface area contributed by atoms with Gasteiger partial charge in [-0.25, -0.2) is 9.82 Å². The molecular weight excluding hydrogens is 425 g/mol. The highest BCUT2D eigenvalue weighted by Crippen LogP contribution is 2.16. The molecule has 0 spiro atoms. The molecule has 2 N–H and O–H groups in total. The molecule has 0 radical (unpaired) electrons. The summed E-state index contributed by atoms with van der Waals surface area (Å²) in [6, 6.07) is 20.0. The van der Waals surface area contributed by atoms with Crippen molar-refractivity contribution in [3.8, 4) is 11.5 Å². The van der Waals surface area contributed by atoms with Gasteiger partial charge in [-0.05, 0) is 78.7 Å². The zero-order chi connectivity index (χ0) is 23.5. The van der Waals surface area contributed by atoms with Crippen LogP contribution in [-0.4, -0.2) is 24.6 Å². The van der Waals surface area contributed by atoms with Crippen molar-refractivity contribution in [3.05, 3.63) is 89.7 Å². The highest BCUT2D eigenvalue weighted by molar-refractivity contribution is 6.03. The van der Waals surface area contributed by atoms with Crippen molar-refractivity contribution in [2.24, 2.45) is 5.10 Å². The van der Waals surface area contributed by atoms with Gasteiger partial charge in [-0.2, -0.15) is 5.10 Å². The Labute approximate surface area is 191 Å². The molecular formula is C25H24FN3O4. The van der Waals surface area contributed by atoms with Gasteiger partial charge in [0.25, 0.3) is 0 Å². The van der Waals surface area contributed by atoms with E-state index in [9.17, 15) is 14.0 Å². The van der Waals surface area contributed by atoms with E-state index in [2.05, 4.69) is 15.8 Å². The van der Waals surface area contributed by atoms with E-state index >= 15 is 0 Å². The fourth-order valence-corrected chi connectivity index (χ4v) is 2.77. The number of carbonyl (C=O) groups excluding carboxylic acids is 2. The number of carbonyl (C=O) groups is 2. The molecule has 0 unspecified atom stereocenters. The summed E-state index contributed by atoms with van der Waals surface area (Å²) in [5, 5.41) is 6.51. The highest BCUT2D eigenvalue weighted by atomic mass is 19.1. The summed E-state index contributed by atoms with van der Waals surface area (Å²) in [6.07, 6.45) is 1.10. The van der Waals surface area contributed by atoms with Gasteiger partial charge in [-0.15, -0.1) is 0 Å². The molecule has 0 saturated heterocycles. The maximum atomic E-state index is 12.9. The largest absolute Gasteiger partial charge is 0.494 e. The Morgan fingerprint density at radius 3 is 2.18 bits per heavy atom. The first-order valence-electron chi connectivity index (χ1n) is 10.3. The molecule has 3 rings (SSSR count). The zero-order valence-electron chi connectivity index (χ0n) is 18.1. The van der Waals surface area contributed by atoms with Crippen LogP contribution in [0.4, 0.5) is 10.1 Å². The van der Waals surface area contributed by atoms with Crippen molar-refractivity contribution in [2.45, 2.75) is 20.0 Å². The monoisotopic (exact) mass is 449 g/mol. The van der Waals surface area contributed by atoms with E-state index in [0.717, 1.165) is 11.1 Å². The van der Waals surface area contributed by atoms with E-state index in [4.69, 9.17) is 9.47 Å². The van der Waals surface area contributed by atoms with Crippen LogP contribution in [0.1, 0.15) is 24.5 Å². The molecule has 0 heterocycles. The average molecular weight is 449 g/mol. The molecule has 8 heteroatoms. The summed E-state index contributed by atoms with van der Waals surface area (Å²) in [5.74, 6) is 0.0766. The van der Waals surface area contributed by atoms with Crippen molar-refractivity contribution in [1.29, 1.82) is 0 Å². The first-order valence-corrected chi connectivity index (χ1v) is 10.3. The van der Waals surface area contributed by atoms with Crippen LogP contribution in [0.25, 0.3) is 0 Å². The molecule has 33 heavy (non-hydrogen) atoms. The van der Waals surface area contributed by atoms with Gasteiger partial charge >= 0.3 is 0 Å². The first-order chi connectivity index (χ1) is 16.0. The number of hydrazone groups is 1. The van der Waals surface area contributed by atoms with E-state index in [1.54, 1.807) is 60.7 Å². The third kappa shape index (κ3) is 8.10. The van der Waals surface area contributed by atoms with Crippen LogP contribution in [0.3, 0.4) is 0 Å². The number of nitrogens with one attached hydrogen (secondary N) is 2. The van der Waals surface area contributed by atoms with E-state index < -0.39 is 11.8 Å². The average Bonchev–Trinajstić information content (AvgIpc) is 2.81. The van der Waals surface area contributed by atoms with Gasteiger partial charge in [-0.1, -0.05) is 12.1 Å². The lowest BCUT2D eigenvalue weighted by atomic mass is 10.2. The second-order valence-electron chi connectivity index (χ2n) is 6.96. The smallest absolute Gasteiger partial charge is 0.249 e. The summed E-state index contributed by atoms with van der Waals surface area (Å²) in [4.78, 5) is 23.9. The second kappa shape index (κ2) is 12.0. The predicted molar refractivity (Wildman–Crippen MR) is 124 cm³/mol. The Kier molecular flexibility index (Phi) is 8.53. The van der Waals surface area contributed by atoms with Crippen molar-refractivity contribution >= 4 is 23.7 Å². The first kappa shape index (κ1) is 23.5. The van der Waals surface area contributed by atoms with E-state index in [-0.39, 0.29) is 12.2 Å². The normalized spacial score (nSPS) is 10.6. The third-order valence-corrected chi connectivity index (χ3v) is 4.37. The summed E-state index contributed by atoms with van der Waals surface area (Å²) < 4.78 is 23.9. The van der Waals surface area contributed by atoms with Gasteiger partial charge in [-0.3, -0.25) is 9.59 Å². The summed E-state index contributed by atoms with van der Waals surface area (Å²) in [6.45, 7) is 2.77. The van der Waals surface area contributed by atoms with Crippen LogP contribution in [0, 0.1) is 5.82 Å². The van der Waals surface area contributed by atoms with Crippen molar-refractivity contribution in [1.82, 2.24) is 5.43 Å². The number of nitrogens with zero attached hydrogens (tertiary/aromatic N) is 1. The lowest BCUT2D eigenvalue weighted by Crippen LogP contribution is -2.24. The van der Waals surface area contributed by atoms with Crippen LogP contribution in [-0.2, 0) is 16.2 Å². The van der Waals surface area contributed by atoms with Gasteiger partial charge in [0.15, 0.2) is 0 Å². The SMILES string of the molecule is CCOc1ccc(NC(=O)CC(=O)NN=Cc2ccc(OCc3ccc(F)cc3)cc2)cc1. The molecule has 0 aliphatic carbocycles. The number of anilines is 1. The molecule has 7 nitrogen and oxygen atoms in total. The maximum Gasteiger partial charge on any atom is 0.249 e. The predicted octanol–water partition coefficient (Wildman–Crippen LogP) is 4.28. The lowest BCUT2D eigenvalue weighted by molar-refractivity contribution is -0.126. The molecule has 0 fully saturated rings. The number of benzene rings is 3. The topological polar surface area (TPSA) is 89.0 Å². The summed E-state index contributed by atoms with van der Waals surface area (Å²) in [7, 11) is 0. The number of amides is 2. The maximum absolute atomic E-state index is 12.9. The van der Waals surface area contributed by atoms with Gasteiger partial charge in [0.1, 0.15) is 30.3 Å². The molecule has 0 aliphatic rings. The fourth-order valence-electron chi connectivity index (χ4n) is 2.77. The molecule has 3 aromatic rings. The number of halogens is 1. The number of hydrogen-bond donors (Lipinski definition) is 2. The Bertz CT molecular complexity index is 1080. The van der Waals surface area contributed by atoms with Gasteiger partial charge in [0.2, 0.25) is 11.8 Å². The molecule has 3 aromatic carbocycles.